The monoisotopic (exact) mass is 310 g/mol. The Hall–Kier alpha value is -1.60. The van der Waals surface area contributed by atoms with Gasteiger partial charge in [0.2, 0.25) is 0 Å². The Morgan fingerprint density at radius 3 is 2.81 bits per heavy atom. The number of hydrogen-bond donors (Lipinski definition) is 1. The summed E-state index contributed by atoms with van der Waals surface area (Å²) in [6, 6.07) is 4.59. The molecule has 1 aliphatic heterocycles. The predicted octanol–water partition coefficient (Wildman–Crippen LogP) is 2.16. The van der Waals surface area contributed by atoms with Crippen molar-refractivity contribution in [2.75, 3.05) is 19.3 Å². The van der Waals surface area contributed by atoms with E-state index in [1.807, 2.05) is 13.2 Å². The van der Waals surface area contributed by atoms with Gasteiger partial charge in [-0.1, -0.05) is 6.92 Å². The van der Waals surface area contributed by atoms with Gasteiger partial charge < -0.3 is 10.0 Å². The van der Waals surface area contributed by atoms with Crippen LogP contribution >= 0.6 is 11.8 Å². The van der Waals surface area contributed by atoms with Crippen molar-refractivity contribution in [2.45, 2.75) is 24.3 Å². The fourth-order valence-electron chi connectivity index (χ4n) is 2.46. The number of rotatable bonds is 3. The topological polar surface area (TPSA) is 83.7 Å². The van der Waals surface area contributed by atoms with Crippen LogP contribution in [0.5, 0.6) is 0 Å². The Kier molecular flexibility index (Phi) is 4.84. The molecule has 7 heteroatoms. The highest BCUT2D eigenvalue weighted by atomic mass is 32.2. The Morgan fingerprint density at radius 1 is 1.52 bits per heavy atom. The quantitative estimate of drug-likeness (QED) is 0.525. The van der Waals surface area contributed by atoms with Gasteiger partial charge >= 0.3 is 0 Å². The minimum Gasteiger partial charge on any atom is -0.393 e. The van der Waals surface area contributed by atoms with Crippen molar-refractivity contribution in [1.82, 2.24) is 4.90 Å². The van der Waals surface area contributed by atoms with Crippen molar-refractivity contribution < 1.29 is 14.8 Å². The third-order valence-corrected chi connectivity index (χ3v) is 4.50. The number of piperidine rings is 1. The molecule has 6 nitrogen and oxygen atoms in total. The van der Waals surface area contributed by atoms with Gasteiger partial charge in [-0.15, -0.1) is 11.8 Å². The predicted molar refractivity (Wildman–Crippen MR) is 80.6 cm³/mol. The molecule has 1 aliphatic rings. The zero-order chi connectivity index (χ0) is 15.6. The van der Waals surface area contributed by atoms with Gasteiger partial charge in [-0.2, -0.15) is 0 Å². The molecular weight excluding hydrogens is 292 g/mol. The highest BCUT2D eigenvalue weighted by Gasteiger charge is 2.31. The van der Waals surface area contributed by atoms with E-state index in [9.17, 15) is 20.0 Å². The Morgan fingerprint density at radius 2 is 2.24 bits per heavy atom. The van der Waals surface area contributed by atoms with Crippen LogP contribution in [0.3, 0.4) is 0 Å². The van der Waals surface area contributed by atoms with Crippen molar-refractivity contribution in [3.63, 3.8) is 0 Å². The number of carbonyl (C=O) groups excluding carboxylic acids is 1. The van der Waals surface area contributed by atoms with Crippen LogP contribution in [0.2, 0.25) is 0 Å². The number of carbonyl (C=O) groups is 1. The Bertz CT molecular complexity index is 564. The summed E-state index contributed by atoms with van der Waals surface area (Å²) in [6.07, 6.45) is 1.94. The summed E-state index contributed by atoms with van der Waals surface area (Å²) < 4.78 is 0. The number of hydrogen-bond acceptors (Lipinski definition) is 5. The van der Waals surface area contributed by atoms with Crippen LogP contribution in [-0.4, -0.2) is 46.3 Å². The fourth-order valence-corrected chi connectivity index (χ4v) is 2.90. The molecule has 114 valence electrons. The number of thioether (sulfide) groups is 1. The van der Waals surface area contributed by atoms with Crippen LogP contribution in [0.4, 0.5) is 5.69 Å². The second kappa shape index (κ2) is 6.44. The number of nitro benzene ring substituents is 1. The minimum absolute atomic E-state index is 0.0227. The summed E-state index contributed by atoms with van der Waals surface area (Å²) in [7, 11) is 0. The molecule has 2 atom stereocenters. The van der Waals surface area contributed by atoms with Crippen molar-refractivity contribution in [2.24, 2.45) is 5.92 Å². The van der Waals surface area contributed by atoms with Crippen LogP contribution in [0.1, 0.15) is 23.7 Å². The molecule has 0 spiro atoms. The summed E-state index contributed by atoms with van der Waals surface area (Å²) in [5, 5.41) is 20.8. The van der Waals surface area contributed by atoms with E-state index in [-0.39, 0.29) is 23.1 Å². The van der Waals surface area contributed by atoms with Crippen LogP contribution < -0.4 is 0 Å². The van der Waals surface area contributed by atoms with Gasteiger partial charge in [0, 0.05) is 24.1 Å². The van der Waals surface area contributed by atoms with E-state index in [1.165, 1.54) is 17.8 Å². The van der Waals surface area contributed by atoms with Gasteiger partial charge in [0.1, 0.15) is 5.56 Å². The minimum atomic E-state index is -0.528. The molecule has 1 aromatic carbocycles. The highest BCUT2D eigenvalue weighted by Crippen LogP contribution is 2.27. The van der Waals surface area contributed by atoms with Crippen molar-refractivity contribution in [3.8, 4) is 0 Å². The highest BCUT2D eigenvalue weighted by molar-refractivity contribution is 7.98. The first kappa shape index (κ1) is 15.8. The second-order valence-corrected chi connectivity index (χ2v) is 6.10. The molecule has 1 fully saturated rings. The van der Waals surface area contributed by atoms with Gasteiger partial charge in [-0.3, -0.25) is 14.9 Å². The van der Waals surface area contributed by atoms with E-state index in [1.54, 1.807) is 17.0 Å². The lowest BCUT2D eigenvalue weighted by Crippen LogP contribution is -2.45. The van der Waals surface area contributed by atoms with E-state index in [0.717, 1.165) is 4.90 Å². The molecule has 1 amide bonds. The Balaban J connectivity index is 2.31. The Labute approximate surface area is 127 Å². The first-order valence-electron chi connectivity index (χ1n) is 6.73. The van der Waals surface area contributed by atoms with E-state index in [2.05, 4.69) is 0 Å². The van der Waals surface area contributed by atoms with Crippen LogP contribution in [0.25, 0.3) is 0 Å². The number of aliphatic hydroxyl groups is 1. The summed E-state index contributed by atoms with van der Waals surface area (Å²) in [5.41, 5.74) is -0.0491. The van der Waals surface area contributed by atoms with Crippen molar-refractivity contribution in [1.29, 1.82) is 0 Å². The maximum Gasteiger partial charge on any atom is 0.282 e. The largest absolute Gasteiger partial charge is 0.393 e. The third kappa shape index (κ3) is 3.36. The summed E-state index contributed by atoms with van der Waals surface area (Å²) in [5.74, 6) is -0.359. The average molecular weight is 310 g/mol. The maximum atomic E-state index is 12.6. The van der Waals surface area contributed by atoms with E-state index in [0.29, 0.717) is 19.5 Å². The van der Waals surface area contributed by atoms with E-state index >= 15 is 0 Å². The second-order valence-electron chi connectivity index (χ2n) is 5.22. The van der Waals surface area contributed by atoms with Crippen LogP contribution in [0, 0.1) is 16.0 Å². The fraction of sp³-hybridized carbons (Fsp3) is 0.500. The number of nitro groups is 1. The molecule has 2 unspecified atom stereocenters. The SMILES string of the molecule is CSc1ccc([N+](=O)[O-])c(C(=O)N2CCC(O)C(C)C2)c1. The van der Waals surface area contributed by atoms with Gasteiger partial charge in [0.15, 0.2) is 0 Å². The number of likely N-dealkylation sites (tertiary alicyclic amines) is 1. The molecular formula is C14H18N2O4S. The molecule has 0 aromatic heterocycles. The van der Waals surface area contributed by atoms with Crippen LogP contribution in [0.15, 0.2) is 23.1 Å². The molecule has 0 radical (unpaired) electrons. The molecule has 2 rings (SSSR count). The number of amides is 1. The number of nitrogens with zero attached hydrogens (tertiary/aromatic N) is 2. The van der Waals surface area contributed by atoms with E-state index < -0.39 is 11.0 Å². The molecule has 1 saturated heterocycles. The van der Waals surface area contributed by atoms with Crippen LogP contribution in [-0.2, 0) is 0 Å². The van der Waals surface area contributed by atoms with E-state index in [4.69, 9.17) is 0 Å². The molecule has 1 aromatic rings. The number of aliphatic hydroxyl groups excluding tert-OH is 1. The maximum absolute atomic E-state index is 12.6. The van der Waals surface area contributed by atoms with Gasteiger partial charge in [0.05, 0.1) is 11.0 Å². The van der Waals surface area contributed by atoms with Crippen molar-refractivity contribution in [3.05, 3.63) is 33.9 Å². The lowest BCUT2D eigenvalue weighted by atomic mass is 9.96. The summed E-state index contributed by atoms with van der Waals surface area (Å²) in [6.45, 7) is 2.71. The summed E-state index contributed by atoms with van der Waals surface area (Å²) >= 11 is 1.44. The summed E-state index contributed by atoms with van der Waals surface area (Å²) in [4.78, 5) is 25.6. The molecule has 0 aliphatic carbocycles. The molecule has 1 N–H and O–H groups in total. The molecule has 1 heterocycles. The molecule has 0 bridgehead atoms. The zero-order valence-electron chi connectivity index (χ0n) is 12.0. The normalized spacial score (nSPS) is 22.1. The van der Waals surface area contributed by atoms with Gasteiger partial charge in [-0.25, -0.2) is 0 Å². The number of benzene rings is 1. The van der Waals surface area contributed by atoms with Gasteiger partial charge in [0.25, 0.3) is 11.6 Å². The van der Waals surface area contributed by atoms with Crippen molar-refractivity contribution >= 4 is 23.4 Å². The first-order chi connectivity index (χ1) is 9.93. The smallest absolute Gasteiger partial charge is 0.282 e. The first-order valence-corrected chi connectivity index (χ1v) is 7.96. The molecule has 21 heavy (non-hydrogen) atoms. The lowest BCUT2D eigenvalue weighted by Gasteiger charge is -2.34. The standard InChI is InChI=1S/C14H18N2O4S/c1-9-8-15(6-5-13(9)17)14(18)11-7-10(21-2)3-4-12(11)16(19)20/h3-4,7,9,13,17H,5-6,8H2,1-2H3. The molecule has 0 saturated carbocycles. The zero-order valence-corrected chi connectivity index (χ0v) is 12.8. The lowest BCUT2D eigenvalue weighted by molar-refractivity contribution is -0.385. The third-order valence-electron chi connectivity index (χ3n) is 3.78. The average Bonchev–Trinajstić information content (AvgIpc) is 2.48. The van der Waals surface area contributed by atoms with Gasteiger partial charge in [-0.05, 0) is 30.7 Å².